The summed E-state index contributed by atoms with van der Waals surface area (Å²) >= 11 is 0. The van der Waals surface area contributed by atoms with Gasteiger partial charge < -0.3 is 4.90 Å². The number of unbranched alkanes of at least 4 members (excludes halogenated alkanes) is 1. The number of anilines is 1. The van der Waals surface area contributed by atoms with Gasteiger partial charge in [-0.3, -0.25) is 19.4 Å². The minimum absolute atomic E-state index is 0. The van der Waals surface area contributed by atoms with Crippen molar-refractivity contribution in [3.8, 4) is 0 Å². The second-order valence-electron chi connectivity index (χ2n) is 10.3. The van der Waals surface area contributed by atoms with E-state index in [-0.39, 0.29) is 36.1 Å². The molecule has 10 heteroatoms. The molecule has 0 aromatic carbocycles. The maximum Gasteiger partial charge on any atom is 0.417 e. The quantitative estimate of drug-likeness (QED) is 0.420. The maximum atomic E-state index is 13.1. The lowest BCUT2D eigenvalue weighted by atomic mass is 9.69. The number of hydrogen-bond donors (Lipinski definition) is 0. The number of hydrogen-bond acceptors (Lipinski definition) is 5. The Balaban J connectivity index is 0.00000289. The van der Waals surface area contributed by atoms with Crippen LogP contribution >= 0.6 is 12.4 Å². The van der Waals surface area contributed by atoms with Crippen LogP contribution in [-0.4, -0.2) is 65.9 Å². The third-order valence-corrected chi connectivity index (χ3v) is 8.44. The van der Waals surface area contributed by atoms with Gasteiger partial charge in [0.2, 0.25) is 11.8 Å². The summed E-state index contributed by atoms with van der Waals surface area (Å²) in [6.07, 6.45) is 3.81. The van der Waals surface area contributed by atoms with Crippen LogP contribution in [0.1, 0.15) is 50.5 Å². The van der Waals surface area contributed by atoms with Crippen molar-refractivity contribution >= 4 is 30.0 Å². The van der Waals surface area contributed by atoms with Gasteiger partial charge in [0.25, 0.3) is 0 Å². The van der Waals surface area contributed by atoms with Crippen molar-refractivity contribution in [2.45, 2.75) is 51.1 Å². The number of carbonyl (C=O) groups excluding carboxylic acids is 2. The van der Waals surface area contributed by atoms with Gasteiger partial charge in [-0.25, -0.2) is 4.98 Å². The summed E-state index contributed by atoms with van der Waals surface area (Å²) in [5.74, 6) is 1.45. The molecular formula is C25H34ClF3N4O2. The number of likely N-dealkylation sites (tertiary alicyclic amines) is 1. The predicted molar refractivity (Wildman–Crippen MR) is 128 cm³/mol. The first-order valence-corrected chi connectivity index (χ1v) is 12.7. The topological polar surface area (TPSA) is 56.8 Å². The Hall–Kier alpha value is -1.87. The number of piperazine rings is 1. The molecule has 6 rings (SSSR count). The van der Waals surface area contributed by atoms with Crippen LogP contribution in [0, 0.1) is 23.7 Å². The number of carbonyl (C=O) groups is 2. The summed E-state index contributed by atoms with van der Waals surface area (Å²) in [4.78, 5) is 36.0. The van der Waals surface area contributed by atoms with Crippen LogP contribution in [-0.2, 0) is 15.8 Å². The van der Waals surface area contributed by atoms with Gasteiger partial charge in [0.05, 0.1) is 17.4 Å². The zero-order valence-electron chi connectivity index (χ0n) is 19.9. The molecule has 2 bridgehead atoms. The van der Waals surface area contributed by atoms with E-state index in [1.54, 1.807) is 4.90 Å². The SMILES string of the molecule is Cl.O=C1C2C3CCCC(CC3)C2C(=O)N1CCCCN1CCN(c2ccc(C(F)(F)F)cn2)CC1. The van der Waals surface area contributed by atoms with Gasteiger partial charge in [-0.1, -0.05) is 6.42 Å². The van der Waals surface area contributed by atoms with E-state index in [0.717, 1.165) is 76.8 Å². The number of rotatable bonds is 6. The van der Waals surface area contributed by atoms with Crippen LogP contribution in [0.25, 0.3) is 0 Å². The fourth-order valence-corrected chi connectivity index (χ4v) is 6.61. The Morgan fingerprint density at radius 3 is 2.00 bits per heavy atom. The van der Waals surface area contributed by atoms with Crippen molar-refractivity contribution in [1.29, 1.82) is 0 Å². The highest BCUT2D eigenvalue weighted by Crippen LogP contribution is 2.51. The molecule has 1 aromatic heterocycles. The first kappa shape index (κ1) is 26.2. The summed E-state index contributed by atoms with van der Waals surface area (Å²) < 4.78 is 38.2. The van der Waals surface area contributed by atoms with Crippen molar-refractivity contribution < 1.29 is 22.8 Å². The van der Waals surface area contributed by atoms with E-state index < -0.39 is 11.7 Å². The average Bonchev–Trinajstić information content (AvgIpc) is 3.03. The van der Waals surface area contributed by atoms with Crippen LogP contribution in [0.5, 0.6) is 0 Å². The number of aromatic nitrogens is 1. The maximum absolute atomic E-state index is 13.1. The lowest BCUT2D eigenvalue weighted by Crippen LogP contribution is -2.47. The molecule has 2 amide bonds. The van der Waals surface area contributed by atoms with Crippen LogP contribution in [0.2, 0.25) is 0 Å². The fraction of sp³-hybridized carbons (Fsp3) is 0.720. The highest BCUT2D eigenvalue weighted by Gasteiger charge is 2.56. The van der Waals surface area contributed by atoms with E-state index in [9.17, 15) is 22.8 Å². The van der Waals surface area contributed by atoms with Gasteiger partial charge in [0, 0.05) is 38.9 Å². The second kappa shape index (κ2) is 10.6. The van der Waals surface area contributed by atoms with E-state index in [0.29, 0.717) is 37.3 Å². The molecule has 0 spiro atoms. The molecule has 3 aliphatic carbocycles. The van der Waals surface area contributed by atoms with Crippen LogP contribution in [0.3, 0.4) is 0 Å². The predicted octanol–water partition coefficient (Wildman–Crippen LogP) is 4.24. The third kappa shape index (κ3) is 5.31. The zero-order chi connectivity index (χ0) is 23.9. The lowest BCUT2D eigenvalue weighted by Gasteiger charge is -2.35. The number of pyridine rings is 1. The van der Waals surface area contributed by atoms with Crippen LogP contribution < -0.4 is 4.90 Å². The molecule has 3 heterocycles. The molecule has 35 heavy (non-hydrogen) atoms. The first-order valence-electron chi connectivity index (χ1n) is 12.7. The molecule has 2 aliphatic heterocycles. The number of nitrogens with zero attached hydrogens (tertiary/aromatic N) is 4. The molecule has 4 atom stereocenters. The molecule has 3 saturated carbocycles. The monoisotopic (exact) mass is 514 g/mol. The normalized spacial score (nSPS) is 29.2. The summed E-state index contributed by atoms with van der Waals surface area (Å²) in [7, 11) is 0. The molecule has 2 saturated heterocycles. The Labute approximate surface area is 210 Å². The Morgan fingerprint density at radius 2 is 1.46 bits per heavy atom. The van der Waals surface area contributed by atoms with E-state index in [1.165, 1.54) is 6.07 Å². The van der Waals surface area contributed by atoms with Crippen molar-refractivity contribution in [3.63, 3.8) is 0 Å². The number of amides is 2. The summed E-state index contributed by atoms with van der Waals surface area (Å²) in [5, 5.41) is 0. The van der Waals surface area contributed by atoms with Gasteiger partial charge in [-0.2, -0.15) is 13.2 Å². The van der Waals surface area contributed by atoms with Gasteiger partial charge in [-0.15, -0.1) is 12.4 Å². The van der Waals surface area contributed by atoms with E-state index >= 15 is 0 Å². The van der Waals surface area contributed by atoms with Gasteiger partial charge >= 0.3 is 6.18 Å². The Morgan fingerprint density at radius 1 is 0.857 bits per heavy atom. The standard InChI is InChI=1S/C25H33F3N4O2.ClH/c26-25(27,28)19-8-9-20(29-16-19)31-14-12-30(13-15-31)10-1-2-11-32-23(33)21-17-4-3-5-18(7-6-17)22(21)24(32)34;/h8-9,16-18,21-22H,1-7,10-15H2;1H. The minimum atomic E-state index is -4.37. The van der Waals surface area contributed by atoms with Crippen molar-refractivity contribution in [1.82, 2.24) is 14.8 Å². The smallest absolute Gasteiger partial charge is 0.354 e. The van der Waals surface area contributed by atoms with E-state index in [1.807, 2.05) is 4.90 Å². The van der Waals surface area contributed by atoms with Crippen molar-refractivity contribution in [3.05, 3.63) is 23.9 Å². The summed E-state index contributed by atoms with van der Waals surface area (Å²) in [6.45, 7) is 4.49. The molecule has 5 fully saturated rings. The second-order valence-corrected chi connectivity index (χ2v) is 10.3. The Kier molecular flexibility index (Phi) is 7.95. The molecule has 6 nitrogen and oxygen atoms in total. The fourth-order valence-electron chi connectivity index (χ4n) is 6.61. The highest BCUT2D eigenvalue weighted by atomic mass is 35.5. The van der Waals surface area contributed by atoms with E-state index in [2.05, 4.69) is 9.88 Å². The van der Waals surface area contributed by atoms with Crippen LogP contribution in [0.15, 0.2) is 18.3 Å². The van der Waals surface area contributed by atoms with E-state index in [4.69, 9.17) is 0 Å². The molecule has 0 radical (unpaired) electrons. The molecular weight excluding hydrogens is 481 g/mol. The van der Waals surface area contributed by atoms with Crippen molar-refractivity contribution in [2.24, 2.45) is 23.7 Å². The average molecular weight is 515 g/mol. The molecule has 194 valence electrons. The summed E-state index contributed by atoms with van der Waals surface area (Å²) in [5.41, 5.74) is -0.729. The largest absolute Gasteiger partial charge is 0.417 e. The van der Waals surface area contributed by atoms with Gasteiger partial charge in [0.15, 0.2) is 0 Å². The molecule has 4 unspecified atom stereocenters. The molecule has 1 aromatic rings. The third-order valence-electron chi connectivity index (χ3n) is 8.44. The minimum Gasteiger partial charge on any atom is -0.354 e. The van der Waals surface area contributed by atoms with Gasteiger partial charge in [0.1, 0.15) is 5.82 Å². The van der Waals surface area contributed by atoms with Crippen molar-refractivity contribution in [2.75, 3.05) is 44.2 Å². The lowest BCUT2D eigenvalue weighted by molar-refractivity contribution is -0.140. The first-order chi connectivity index (χ1) is 16.3. The molecule has 0 N–H and O–H groups in total. The summed E-state index contributed by atoms with van der Waals surface area (Å²) in [6, 6.07) is 2.52. The molecule has 5 aliphatic rings. The number of fused-ring (bicyclic) bond motifs is 3. The highest BCUT2D eigenvalue weighted by molar-refractivity contribution is 6.05. The van der Waals surface area contributed by atoms with Crippen LogP contribution in [0.4, 0.5) is 19.0 Å². The van der Waals surface area contributed by atoms with Gasteiger partial charge in [-0.05, 0) is 69.0 Å². The Bertz CT molecular complexity index is 871. The number of imide groups is 1. The number of alkyl halides is 3. The zero-order valence-corrected chi connectivity index (χ0v) is 20.7. The number of halogens is 4.